The maximum Gasteiger partial charge on any atom is 0.251 e. The quantitative estimate of drug-likeness (QED) is 0.816. The summed E-state index contributed by atoms with van der Waals surface area (Å²) in [5, 5.41) is 6.36. The predicted octanol–water partition coefficient (Wildman–Crippen LogP) is 1.99. The number of amides is 1. The second-order valence-electron chi connectivity index (χ2n) is 5.08. The summed E-state index contributed by atoms with van der Waals surface area (Å²) in [5.74, 6) is 0.525. The van der Waals surface area contributed by atoms with Crippen LogP contribution in [0.25, 0.3) is 0 Å². The van der Waals surface area contributed by atoms with E-state index in [1.807, 2.05) is 6.92 Å². The number of anilines is 1. The van der Waals surface area contributed by atoms with Gasteiger partial charge in [-0.3, -0.25) is 4.79 Å². The number of carbonyl (C=O) groups excluding carboxylic acids is 1. The Hall–Kier alpha value is -1.33. The largest absolute Gasteiger partial charge is 0.370 e. The third kappa shape index (κ3) is 3.84. The van der Waals surface area contributed by atoms with Gasteiger partial charge < -0.3 is 15.5 Å². The molecule has 1 aliphatic heterocycles. The lowest BCUT2D eigenvalue weighted by Crippen LogP contribution is -2.38. The average Bonchev–Trinajstić information content (AvgIpc) is 2.81. The first-order valence-corrected chi connectivity index (χ1v) is 7.38. The molecule has 2 N–H and O–H groups in total. The SMILES string of the molecule is CCNc1cc(C(=O)NCC2CCCN2C)cc(Cl)n1. The van der Waals surface area contributed by atoms with Crippen LogP contribution < -0.4 is 10.6 Å². The summed E-state index contributed by atoms with van der Waals surface area (Å²) in [6, 6.07) is 3.75. The van der Waals surface area contributed by atoms with E-state index in [0.717, 1.165) is 19.5 Å². The molecular formula is C14H21ClN4O. The molecule has 20 heavy (non-hydrogen) atoms. The number of likely N-dealkylation sites (tertiary alicyclic amines) is 1. The zero-order valence-electron chi connectivity index (χ0n) is 11.9. The zero-order chi connectivity index (χ0) is 14.5. The maximum absolute atomic E-state index is 12.2. The number of aromatic nitrogens is 1. The Balaban J connectivity index is 1.97. The number of hydrogen-bond acceptors (Lipinski definition) is 4. The van der Waals surface area contributed by atoms with Gasteiger partial charge in [-0.2, -0.15) is 0 Å². The van der Waals surface area contributed by atoms with Crippen molar-refractivity contribution in [1.82, 2.24) is 15.2 Å². The number of halogens is 1. The van der Waals surface area contributed by atoms with Crippen molar-refractivity contribution >= 4 is 23.3 Å². The second kappa shape index (κ2) is 6.90. The Morgan fingerprint density at radius 3 is 3.00 bits per heavy atom. The minimum absolute atomic E-state index is 0.103. The fourth-order valence-electron chi connectivity index (χ4n) is 2.45. The number of pyridine rings is 1. The van der Waals surface area contributed by atoms with Crippen molar-refractivity contribution in [2.24, 2.45) is 0 Å². The molecule has 2 heterocycles. The molecule has 0 radical (unpaired) electrons. The predicted molar refractivity (Wildman–Crippen MR) is 81.4 cm³/mol. The number of likely N-dealkylation sites (N-methyl/N-ethyl adjacent to an activating group) is 1. The summed E-state index contributed by atoms with van der Waals surface area (Å²) < 4.78 is 0. The van der Waals surface area contributed by atoms with Gasteiger partial charge in [0.05, 0.1) is 0 Å². The summed E-state index contributed by atoms with van der Waals surface area (Å²) in [4.78, 5) is 18.6. The number of hydrogen-bond donors (Lipinski definition) is 2. The van der Waals surface area contributed by atoms with E-state index in [-0.39, 0.29) is 5.91 Å². The first kappa shape index (κ1) is 15.1. The smallest absolute Gasteiger partial charge is 0.251 e. The molecular weight excluding hydrogens is 276 g/mol. The molecule has 0 spiro atoms. The van der Waals surface area contributed by atoms with Gasteiger partial charge in [0.2, 0.25) is 0 Å². The second-order valence-corrected chi connectivity index (χ2v) is 5.47. The average molecular weight is 297 g/mol. The molecule has 1 unspecified atom stereocenters. The van der Waals surface area contributed by atoms with Crippen LogP contribution in [0.15, 0.2) is 12.1 Å². The van der Waals surface area contributed by atoms with E-state index >= 15 is 0 Å². The van der Waals surface area contributed by atoms with Crippen LogP contribution >= 0.6 is 11.6 Å². The first-order valence-electron chi connectivity index (χ1n) is 7.00. The van der Waals surface area contributed by atoms with Crippen LogP contribution in [-0.4, -0.2) is 48.5 Å². The lowest BCUT2D eigenvalue weighted by atomic mass is 10.2. The van der Waals surface area contributed by atoms with Crippen LogP contribution in [0.4, 0.5) is 5.82 Å². The summed E-state index contributed by atoms with van der Waals surface area (Å²) in [7, 11) is 2.09. The van der Waals surface area contributed by atoms with Crippen molar-refractivity contribution < 1.29 is 4.79 Å². The third-order valence-electron chi connectivity index (χ3n) is 3.58. The van der Waals surface area contributed by atoms with Crippen LogP contribution in [0.3, 0.4) is 0 Å². The fourth-order valence-corrected chi connectivity index (χ4v) is 2.66. The van der Waals surface area contributed by atoms with Gasteiger partial charge in [-0.25, -0.2) is 4.98 Å². The van der Waals surface area contributed by atoms with E-state index < -0.39 is 0 Å². The minimum atomic E-state index is -0.103. The highest BCUT2D eigenvalue weighted by molar-refractivity contribution is 6.29. The van der Waals surface area contributed by atoms with Crippen molar-refractivity contribution in [2.45, 2.75) is 25.8 Å². The van der Waals surface area contributed by atoms with Crippen LogP contribution in [0.5, 0.6) is 0 Å². The Labute approximate surface area is 124 Å². The molecule has 1 fully saturated rings. The maximum atomic E-state index is 12.2. The molecule has 1 saturated heterocycles. The van der Waals surface area contributed by atoms with Gasteiger partial charge in [0.25, 0.3) is 5.91 Å². The van der Waals surface area contributed by atoms with E-state index in [0.29, 0.717) is 29.1 Å². The number of nitrogens with one attached hydrogen (secondary N) is 2. The Morgan fingerprint density at radius 1 is 1.55 bits per heavy atom. The summed E-state index contributed by atoms with van der Waals surface area (Å²) >= 11 is 5.94. The zero-order valence-corrected chi connectivity index (χ0v) is 12.7. The van der Waals surface area contributed by atoms with Gasteiger partial charge >= 0.3 is 0 Å². The van der Waals surface area contributed by atoms with Crippen LogP contribution in [0.1, 0.15) is 30.1 Å². The lowest BCUT2D eigenvalue weighted by Gasteiger charge is -2.19. The topological polar surface area (TPSA) is 57.3 Å². The minimum Gasteiger partial charge on any atom is -0.370 e. The fraction of sp³-hybridized carbons (Fsp3) is 0.571. The van der Waals surface area contributed by atoms with Gasteiger partial charge in [-0.15, -0.1) is 0 Å². The highest BCUT2D eigenvalue weighted by Crippen LogP contribution is 2.16. The Bertz CT molecular complexity index is 480. The van der Waals surface area contributed by atoms with E-state index in [4.69, 9.17) is 11.6 Å². The van der Waals surface area contributed by atoms with Gasteiger partial charge in [-0.1, -0.05) is 11.6 Å². The normalized spacial score (nSPS) is 19.1. The highest BCUT2D eigenvalue weighted by Gasteiger charge is 2.21. The first-order chi connectivity index (χ1) is 9.60. The number of rotatable bonds is 5. The summed E-state index contributed by atoms with van der Waals surface area (Å²) in [6.45, 7) is 4.48. The van der Waals surface area contributed by atoms with Crippen LogP contribution in [0, 0.1) is 0 Å². The molecule has 1 aromatic heterocycles. The molecule has 5 nitrogen and oxygen atoms in total. The van der Waals surface area contributed by atoms with Gasteiger partial charge in [0, 0.05) is 24.7 Å². The standard InChI is InChI=1S/C14H21ClN4O/c1-3-16-13-8-10(7-12(15)18-13)14(20)17-9-11-5-4-6-19(11)2/h7-8,11H,3-6,9H2,1-2H3,(H,16,18)(H,17,20). The van der Waals surface area contributed by atoms with Crippen molar-refractivity contribution in [2.75, 3.05) is 32.0 Å². The van der Waals surface area contributed by atoms with E-state index in [9.17, 15) is 4.79 Å². The Kier molecular flexibility index (Phi) is 5.20. The monoisotopic (exact) mass is 296 g/mol. The third-order valence-corrected chi connectivity index (χ3v) is 3.78. The van der Waals surface area contributed by atoms with E-state index in [2.05, 4.69) is 27.6 Å². The number of nitrogens with zero attached hydrogens (tertiary/aromatic N) is 2. The Morgan fingerprint density at radius 2 is 2.35 bits per heavy atom. The molecule has 0 bridgehead atoms. The molecule has 1 aliphatic rings. The summed E-state index contributed by atoms with van der Waals surface area (Å²) in [6.07, 6.45) is 2.33. The number of carbonyl (C=O) groups is 1. The van der Waals surface area contributed by atoms with Crippen molar-refractivity contribution in [3.63, 3.8) is 0 Å². The summed E-state index contributed by atoms with van der Waals surface area (Å²) in [5.41, 5.74) is 0.543. The van der Waals surface area contributed by atoms with Crippen LogP contribution in [-0.2, 0) is 0 Å². The molecule has 1 atom stereocenters. The van der Waals surface area contributed by atoms with Gasteiger partial charge in [-0.05, 0) is 45.5 Å². The lowest BCUT2D eigenvalue weighted by molar-refractivity contribution is 0.0943. The van der Waals surface area contributed by atoms with E-state index in [1.165, 1.54) is 6.42 Å². The molecule has 6 heteroatoms. The van der Waals surface area contributed by atoms with Crippen molar-refractivity contribution in [1.29, 1.82) is 0 Å². The van der Waals surface area contributed by atoms with Gasteiger partial charge in [0.1, 0.15) is 11.0 Å². The molecule has 1 amide bonds. The van der Waals surface area contributed by atoms with Gasteiger partial charge in [0.15, 0.2) is 0 Å². The molecule has 0 saturated carbocycles. The molecule has 0 aliphatic carbocycles. The van der Waals surface area contributed by atoms with Crippen molar-refractivity contribution in [3.05, 3.63) is 22.8 Å². The van der Waals surface area contributed by atoms with Crippen LogP contribution in [0.2, 0.25) is 5.15 Å². The van der Waals surface area contributed by atoms with Crippen molar-refractivity contribution in [3.8, 4) is 0 Å². The molecule has 2 rings (SSSR count). The molecule has 110 valence electrons. The molecule has 0 aromatic carbocycles. The molecule has 1 aromatic rings. The highest BCUT2D eigenvalue weighted by atomic mass is 35.5. The van der Waals surface area contributed by atoms with E-state index in [1.54, 1.807) is 12.1 Å².